The van der Waals surface area contributed by atoms with Crippen LogP contribution in [0.1, 0.15) is 116 Å². The quantitative estimate of drug-likeness (QED) is 0.269. The van der Waals surface area contributed by atoms with Crippen molar-refractivity contribution in [2.75, 3.05) is 6.61 Å². The molecule has 0 radical (unpaired) electrons. The predicted octanol–water partition coefficient (Wildman–Crippen LogP) is 10.4. The summed E-state index contributed by atoms with van der Waals surface area (Å²) in [6, 6.07) is 10.3. The molecule has 3 rings (SSSR count). The van der Waals surface area contributed by atoms with Gasteiger partial charge < -0.3 is 4.74 Å². The minimum atomic E-state index is -0.0891. The molecule has 0 atom stereocenters. The van der Waals surface area contributed by atoms with Gasteiger partial charge in [0.15, 0.2) is 0 Å². The van der Waals surface area contributed by atoms with E-state index < -0.39 is 0 Å². The van der Waals surface area contributed by atoms with Crippen molar-refractivity contribution in [1.29, 1.82) is 0 Å². The van der Waals surface area contributed by atoms with Crippen molar-refractivity contribution in [1.82, 2.24) is 0 Å². The second kappa shape index (κ2) is 13.6. The van der Waals surface area contributed by atoms with E-state index in [0.29, 0.717) is 5.41 Å². The van der Waals surface area contributed by atoms with Gasteiger partial charge in [0.2, 0.25) is 0 Å². The van der Waals surface area contributed by atoms with E-state index in [4.69, 9.17) is 4.74 Å². The third-order valence-electron chi connectivity index (χ3n) is 9.49. The van der Waals surface area contributed by atoms with Gasteiger partial charge in [0, 0.05) is 5.56 Å². The highest BCUT2D eigenvalue weighted by molar-refractivity contribution is 5.71. The fourth-order valence-electron chi connectivity index (χ4n) is 6.20. The van der Waals surface area contributed by atoms with Gasteiger partial charge in [-0.2, -0.15) is 0 Å². The Morgan fingerprint density at radius 3 is 2.08 bits per heavy atom. The van der Waals surface area contributed by atoms with E-state index in [-0.39, 0.29) is 5.82 Å². The van der Waals surface area contributed by atoms with E-state index in [1.807, 2.05) is 6.07 Å². The van der Waals surface area contributed by atoms with Gasteiger partial charge in [0.25, 0.3) is 0 Å². The number of hydrogen-bond donors (Lipinski definition) is 0. The van der Waals surface area contributed by atoms with E-state index in [0.717, 1.165) is 72.1 Å². The maximum atomic E-state index is 15.4. The Hall–Kier alpha value is -1.83. The zero-order chi connectivity index (χ0) is 26.1. The van der Waals surface area contributed by atoms with Crippen molar-refractivity contribution in [2.24, 2.45) is 17.3 Å². The molecule has 1 saturated carbocycles. The molecule has 1 aliphatic rings. The van der Waals surface area contributed by atoms with Crippen molar-refractivity contribution in [2.45, 2.75) is 119 Å². The van der Waals surface area contributed by atoms with Crippen LogP contribution in [0.4, 0.5) is 4.39 Å². The van der Waals surface area contributed by atoms with E-state index in [9.17, 15) is 0 Å². The smallest absolute Gasteiger partial charge is 0.131 e. The molecule has 0 aromatic heterocycles. The van der Waals surface area contributed by atoms with Crippen LogP contribution < -0.4 is 4.74 Å². The standard InChI is InChI=1S/C34H51FO/c1-7-28-24-33(36-21-20-34(9-3,10-4)11-5)29(8-2)23-31(28)30-19-18-27(22-32(30)35)17-16-26-14-12-25(6)13-15-26/h18-19,22-26H,7-17,20-21H2,1-6H3. The van der Waals surface area contributed by atoms with Gasteiger partial charge in [-0.05, 0) is 89.8 Å². The summed E-state index contributed by atoms with van der Waals surface area (Å²) in [6.45, 7) is 14.3. The van der Waals surface area contributed by atoms with Crippen molar-refractivity contribution in [3.05, 3.63) is 52.8 Å². The normalized spacial score (nSPS) is 18.4. The van der Waals surface area contributed by atoms with Gasteiger partial charge in [0.1, 0.15) is 11.6 Å². The van der Waals surface area contributed by atoms with Crippen LogP contribution in [0.3, 0.4) is 0 Å². The number of halogens is 1. The van der Waals surface area contributed by atoms with Crippen molar-refractivity contribution in [3.8, 4) is 16.9 Å². The van der Waals surface area contributed by atoms with Crippen molar-refractivity contribution >= 4 is 0 Å². The maximum Gasteiger partial charge on any atom is 0.131 e. The third kappa shape index (κ3) is 7.14. The Labute approximate surface area is 221 Å². The minimum absolute atomic E-state index is 0.0891. The molecule has 0 bridgehead atoms. The molecule has 0 amide bonds. The third-order valence-corrected chi connectivity index (χ3v) is 9.49. The summed E-state index contributed by atoms with van der Waals surface area (Å²) in [5, 5.41) is 0. The molecule has 0 heterocycles. The van der Waals surface area contributed by atoms with Crippen LogP contribution >= 0.6 is 0 Å². The highest BCUT2D eigenvalue weighted by Gasteiger charge is 2.24. The second-order valence-corrected chi connectivity index (χ2v) is 11.5. The minimum Gasteiger partial charge on any atom is -0.493 e. The number of hydrogen-bond acceptors (Lipinski definition) is 1. The first kappa shape index (κ1) is 28.7. The summed E-state index contributed by atoms with van der Waals surface area (Å²) >= 11 is 0. The SMILES string of the molecule is CCc1cc(-c2ccc(CCC3CCC(C)CC3)cc2F)c(CC)cc1OCCC(CC)(CC)CC. The van der Waals surface area contributed by atoms with Crippen LogP contribution in [0.5, 0.6) is 5.75 Å². The molecule has 0 unspecified atom stereocenters. The second-order valence-electron chi connectivity index (χ2n) is 11.5. The molecule has 0 N–H and O–H groups in total. The summed E-state index contributed by atoms with van der Waals surface area (Å²) < 4.78 is 21.8. The molecule has 36 heavy (non-hydrogen) atoms. The molecular weight excluding hydrogens is 443 g/mol. The Bertz CT molecular complexity index is 942. The summed E-state index contributed by atoms with van der Waals surface area (Å²) in [7, 11) is 0. The predicted molar refractivity (Wildman–Crippen MR) is 153 cm³/mol. The summed E-state index contributed by atoms with van der Waals surface area (Å²) in [5.41, 5.74) is 5.60. The van der Waals surface area contributed by atoms with Crippen molar-refractivity contribution in [3.63, 3.8) is 0 Å². The van der Waals surface area contributed by atoms with Crippen LogP contribution in [0.2, 0.25) is 0 Å². The van der Waals surface area contributed by atoms with Gasteiger partial charge in [-0.3, -0.25) is 0 Å². The van der Waals surface area contributed by atoms with E-state index in [1.165, 1.54) is 56.9 Å². The first-order valence-corrected chi connectivity index (χ1v) is 15.0. The van der Waals surface area contributed by atoms with Crippen LogP contribution in [0.25, 0.3) is 11.1 Å². The Balaban J connectivity index is 1.74. The van der Waals surface area contributed by atoms with Crippen LogP contribution in [0, 0.1) is 23.1 Å². The zero-order valence-corrected chi connectivity index (χ0v) is 24.0. The van der Waals surface area contributed by atoms with E-state index in [2.05, 4.69) is 59.7 Å². The molecule has 1 nitrogen and oxygen atoms in total. The molecule has 1 fully saturated rings. The lowest BCUT2D eigenvalue weighted by Gasteiger charge is -2.30. The molecule has 1 aliphatic carbocycles. The van der Waals surface area contributed by atoms with Gasteiger partial charge in [-0.15, -0.1) is 0 Å². The molecule has 0 saturated heterocycles. The zero-order valence-electron chi connectivity index (χ0n) is 24.0. The average Bonchev–Trinajstić information content (AvgIpc) is 2.91. The van der Waals surface area contributed by atoms with Gasteiger partial charge in [0.05, 0.1) is 6.61 Å². The van der Waals surface area contributed by atoms with Crippen molar-refractivity contribution < 1.29 is 9.13 Å². The molecule has 200 valence electrons. The summed E-state index contributed by atoms with van der Waals surface area (Å²) in [6.07, 6.45) is 14.0. The van der Waals surface area contributed by atoms with Crippen LogP contribution in [0.15, 0.2) is 30.3 Å². The Kier molecular flexibility index (Phi) is 10.9. The molecular formula is C34H51FO. The largest absolute Gasteiger partial charge is 0.493 e. The number of aryl methyl sites for hydroxylation is 3. The maximum absolute atomic E-state index is 15.4. The first-order chi connectivity index (χ1) is 17.4. The summed E-state index contributed by atoms with van der Waals surface area (Å²) in [4.78, 5) is 0. The fraction of sp³-hybridized carbons (Fsp3) is 0.647. The number of ether oxygens (including phenoxy) is 1. The molecule has 0 spiro atoms. The molecule has 0 aliphatic heterocycles. The fourth-order valence-corrected chi connectivity index (χ4v) is 6.20. The highest BCUT2D eigenvalue weighted by atomic mass is 19.1. The highest BCUT2D eigenvalue weighted by Crippen LogP contribution is 2.37. The lowest BCUT2D eigenvalue weighted by Crippen LogP contribution is -2.21. The first-order valence-electron chi connectivity index (χ1n) is 15.0. The van der Waals surface area contributed by atoms with E-state index >= 15 is 4.39 Å². The average molecular weight is 495 g/mol. The van der Waals surface area contributed by atoms with E-state index in [1.54, 1.807) is 6.07 Å². The topological polar surface area (TPSA) is 9.23 Å². The number of benzene rings is 2. The van der Waals surface area contributed by atoms with Gasteiger partial charge >= 0.3 is 0 Å². The monoisotopic (exact) mass is 494 g/mol. The lowest BCUT2D eigenvalue weighted by molar-refractivity contribution is 0.173. The van der Waals surface area contributed by atoms with Crippen LogP contribution in [-0.4, -0.2) is 6.61 Å². The molecule has 2 aromatic rings. The number of rotatable bonds is 13. The Morgan fingerprint density at radius 2 is 1.50 bits per heavy atom. The van der Waals surface area contributed by atoms with Gasteiger partial charge in [-0.25, -0.2) is 4.39 Å². The lowest BCUT2D eigenvalue weighted by atomic mass is 9.77. The van der Waals surface area contributed by atoms with Crippen LogP contribution in [-0.2, 0) is 19.3 Å². The molecule has 2 heteroatoms. The van der Waals surface area contributed by atoms with Gasteiger partial charge in [-0.1, -0.05) is 98.6 Å². The summed E-state index contributed by atoms with van der Waals surface area (Å²) in [5.74, 6) is 2.59. The Morgan fingerprint density at radius 1 is 0.833 bits per heavy atom. The molecule has 2 aromatic carbocycles.